The third-order valence-corrected chi connectivity index (χ3v) is 7.19. The van der Waals surface area contributed by atoms with E-state index in [0.717, 1.165) is 10.0 Å². The maximum atomic E-state index is 13.7. The van der Waals surface area contributed by atoms with Crippen molar-refractivity contribution >= 4 is 39.3 Å². The van der Waals surface area contributed by atoms with Gasteiger partial charge in [0.05, 0.1) is 28.5 Å². The van der Waals surface area contributed by atoms with E-state index in [1.807, 2.05) is 30.3 Å². The molecular formula is C27H20BrFN2O4S. The second-order valence-corrected chi connectivity index (χ2v) is 9.99. The Bertz CT molecular complexity index is 1680. The molecular weight excluding hydrogens is 547 g/mol. The predicted octanol–water partition coefficient (Wildman–Crippen LogP) is 4.96. The molecule has 0 fully saturated rings. The van der Waals surface area contributed by atoms with Crippen LogP contribution < -0.4 is 14.9 Å². The number of fused-ring (bicyclic) bond motifs is 1. The van der Waals surface area contributed by atoms with Gasteiger partial charge >= 0.3 is 5.97 Å². The molecule has 0 aliphatic carbocycles. The Kier molecular flexibility index (Phi) is 6.59. The van der Waals surface area contributed by atoms with Gasteiger partial charge in [0.1, 0.15) is 17.3 Å². The van der Waals surface area contributed by atoms with Crippen molar-refractivity contribution in [2.75, 3.05) is 6.61 Å². The van der Waals surface area contributed by atoms with Crippen LogP contribution in [0, 0.1) is 5.82 Å². The van der Waals surface area contributed by atoms with E-state index in [4.69, 9.17) is 9.15 Å². The Morgan fingerprint density at radius 1 is 1.22 bits per heavy atom. The average Bonchev–Trinajstić information content (AvgIpc) is 3.43. The predicted molar refractivity (Wildman–Crippen MR) is 139 cm³/mol. The van der Waals surface area contributed by atoms with Crippen molar-refractivity contribution in [2.45, 2.75) is 19.9 Å². The summed E-state index contributed by atoms with van der Waals surface area (Å²) in [7, 11) is 0. The molecule has 182 valence electrons. The van der Waals surface area contributed by atoms with Crippen molar-refractivity contribution in [3.05, 3.63) is 113 Å². The number of furan rings is 1. The number of rotatable bonds is 5. The molecule has 36 heavy (non-hydrogen) atoms. The zero-order valence-electron chi connectivity index (χ0n) is 19.3. The van der Waals surface area contributed by atoms with Crippen molar-refractivity contribution in [1.82, 2.24) is 4.57 Å². The van der Waals surface area contributed by atoms with Crippen LogP contribution in [0.4, 0.5) is 4.39 Å². The largest absolute Gasteiger partial charge is 0.463 e. The van der Waals surface area contributed by atoms with Crippen LogP contribution in [0.3, 0.4) is 0 Å². The summed E-state index contributed by atoms with van der Waals surface area (Å²) in [4.78, 5) is 31.5. The second kappa shape index (κ2) is 9.83. The van der Waals surface area contributed by atoms with Gasteiger partial charge in [0.25, 0.3) is 5.56 Å². The van der Waals surface area contributed by atoms with E-state index in [0.29, 0.717) is 32.1 Å². The van der Waals surface area contributed by atoms with E-state index in [1.54, 1.807) is 38.1 Å². The first-order valence-corrected chi connectivity index (χ1v) is 12.8. The van der Waals surface area contributed by atoms with Crippen LogP contribution in [0.15, 0.2) is 90.6 Å². The summed E-state index contributed by atoms with van der Waals surface area (Å²) in [5.74, 6) is 0.200. The number of ether oxygens (including phenoxy) is 1. The first-order chi connectivity index (χ1) is 17.4. The third-order valence-electron chi connectivity index (χ3n) is 5.71. The van der Waals surface area contributed by atoms with Gasteiger partial charge in [-0.3, -0.25) is 9.36 Å². The number of esters is 1. The van der Waals surface area contributed by atoms with Crippen LogP contribution >= 0.6 is 27.3 Å². The van der Waals surface area contributed by atoms with Crippen LogP contribution in [-0.4, -0.2) is 17.1 Å². The van der Waals surface area contributed by atoms with Gasteiger partial charge in [-0.2, -0.15) is 0 Å². The zero-order valence-corrected chi connectivity index (χ0v) is 21.7. The van der Waals surface area contributed by atoms with Crippen LogP contribution in [-0.2, 0) is 9.53 Å². The zero-order chi connectivity index (χ0) is 25.4. The van der Waals surface area contributed by atoms with E-state index in [9.17, 15) is 14.0 Å². The number of nitrogens with zero attached hydrogens (tertiary/aromatic N) is 2. The lowest BCUT2D eigenvalue weighted by atomic mass is 9.96. The number of halogens is 2. The lowest BCUT2D eigenvalue weighted by Crippen LogP contribution is -2.39. The van der Waals surface area contributed by atoms with Gasteiger partial charge in [0.2, 0.25) is 0 Å². The minimum absolute atomic E-state index is 0.176. The van der Waals surface area contributed by atoms with E-state index >= 15 is 0 Å². The van der Waals surface area contributed by atoms with E-state index < -0.39 is 17.8 Å². The summed E-state index contributed by atoms with van der Waals surface area (Å²) in [5, 5.41) is 0. The van der Waals surface area contributed by atoms with Gasteiger partial charge in [-0.1, -0.05) is 51.5 Å². The highest BCUT2D eigenvalue weighted by molar-refractivity contribution is 9.10. The quantitative estimate of drug-likeness (QED) is 0.320. The Hall–Kier alpha value is -3.56. The summed E-state index contributed by atoms with van der Waals surface area (Å²) in [5.41, 5.74) is 1.85. The number of carbonyl (C=O) groups is 1. The average molecular weight is 567 g/mol. The molecule has 1 aliphatic heterocycles. The number of benzene rings is 2. The molecule has 9 heteroatoms. The highest BCUT2D eigenvalue weighted by Gasteiger charge is 2.33. The van der Waals surface area contributed by atoms with Crippen molar-refractivity contribution in [2.24, 2.45) is 4.99 Å². The molecule has 0 saturated heterocycles. The van der Waals surface area contributed by atoms with Crippen LogP contribution in [0.1, 0.15) is 31.2 Å². The standard InChI is InChI=1S/C27H20BrFN2O4S/c1-3-34-26(33)23-15(2)30-27-31(24(23)16-7-9-19(29)10-8-16)25(32)22(36-27)14-20-11-12-21(35-20)17-5-4-6-18(28)13-17/h4-14,24H,3H2,1-2H3/b22-14-/t24-/m0/s1. The second-order valence-electron chi connectivity index (χ2n) is 8.07. The molecule has 0 unspecified atom stereocenters. The Morgan fingerprint density at radius 3 is 2.72 bits per heavy atom. The maximum Gasteiger partial charge on any atom is 0.338 e. The topological polar surface area (TPSA) is 73.8 Å². The molecule has 1 atom stereocenters. The van der Waals surface area contributed by atoms with Crippen LogP contribution in [0.5, 0.6) is 0 Å². The lowest BCUT2D eigenvalue weighted by Gasteiger charge is -2.24. The van der Waals surface area contributed by atoms with Crippen LogP contribution in [0.25, 0.3) is 17.4 Å². The van der Waals surface area contributed by atoms with Crippen molar-refractivity contribution in [3.63, 3.8) is 0 Å². The minimum atomic E-state index is -0.795. The molecule has 4 aromatic rings. The fourth-order valence-electron chi connectivity index (χ4n) is 4.11. The Labute approximate surface area is 217 Å². The molecule has 2 aromatic heterocycles. The van der Waals surface area contributed by atoms with Gasteiger partial charge in [-0.05, 0) is 55.8 Å². The van der Waals surface area contributed by atoms with Gasteiger partial charge in [0, 0.05) is 16.1 Å². The number of thiazole rings is 1. The monoisotopic (exact) mass is 566 g/mol. The van der Waals surface area contributed by atoms with Gasteiger partial charge < -0.3 is 9.15 Å². The highest BCUT2D eigenvalue weighted by Crippen LogP contribution is 2.31. The summed E-state index contributed by atoms with van der Waals surface area (Å²) >= 11 is 4.66. The van der Waals surface area contributed by atoms with Crippen molar-refractivity contribution in [3.8, 4) is 11.3 Å². The molecule has 1 aliphatic rings. The number of allylic oxidation sites excluding steroid dienone is 1. The Morgan fingerprint density at radius 2 is 2.00 bits per heavy atom. The first-order valence-electron chi connectivity index (χ1n) is 11.2. The smallest absolute Gasteiger partial charge is 0.338 e. The van der Waals surface area contributed by atoms with Crippen LogP contribution in [0.2, 0.25) is 0 Å². The first kappa shape index (κ1) is 24.1. The third kappa shape index (κ3) is 4.52. The number of carbonyl (C=O) groups excluding carboxylic acids is 1. The molecule has 0 spiro atoms. The van der Waals surface area contributed by atoms with Gasteiger partial charge in [-0.15, -0.1) is 0 Å². The molecule has 0 amide bonds. The molecule has 6 nitrogen and oxygen atoms in total. The van der Waals surface area contributed by atoms with Gasteiger partial charge in [-0.25, -0.2) is 14.2 Å². The normalized spacial score (nSPS) is 15.6. The number of aromatic nitrogens is 1. The maximum absolute atomic E-state index is 13.7. The van der Waals surface area contributed by atoms with Gasteiger partial charge in [0.15, 0.2) is 4.80 Å². The Balaban J connectivity index is 1.64. The summed E-state index contributed by atoms with van der Waals surface area (Å²) in [6.07, 6.45) is 1.66. The van der Waals surface area contributed by atoms with Crippen molar-refractivity contribution < 1.29 is 18.3 Å². The summed E-state index contributed by atoms with van der Waals surface area (Å²) < 4.78 is 27.7. The molecule has 0 radical (unpaired) electrons. The molecule has 0 saturated carbocycles. The molecule has 0 bridgehead atoms. The van der Waals surface area contributed by atoms with Crippen molar-refractivity contribution in [1.29, 1.82) is 0 Å². The van der Waals surface area contributed by atoms with E-state index in [2.05, 4.69) is 20.9 Å². The molecule has 5 rings (SSSR count). The fourth-order valence-corrected chi connectivity index (χ4v) is 5.53. The minimum Gasteiger partial charge on any atom is -0.463 e. The summed E-state index contributed by atoms with van der Waals surface area (Å²) in [6.45, 7) is 3.59. The number of hydrogen-bond donors (Lipinski definition) is 0. The van der Waals surface area contributed by atoms with E-state index in [-0.39, 0.29) is 17.7 Å². The highest BCUT2D eigenvalue weighted by atomic mass is 79.9. The fraction of sp³-hybridized carbons (Fsp3) is 0.148. The molecule has 2 aromatic carbocycles. The van der Waals surface area contributed by atoms with E-state index in [1.165, 1.54) is 28.0 Å². The number of hydrogen-bond acceptors (Lipinski definition) is 6. The molecule has 0 N–H and O–H groups in total. The SMILES string of the molecule is CCOC(=O)C1=C(C)N=c2s/c(=C\c3ccc(-c4cccc(Br)c4)o3)c(=O)n2[C@H]1c1ccc(F)cc1. The summed E-state index contributed by atoms with van der Waals surface area (Å²) in [6, 6.07) is 16.3. The molecule has 3 heterocycles. The lowest BCUT2D eigenvalue weighted by molar-refractivity contribution is -0.139.